The normalized spacial score (nSPS) is 20.2. The third-order valence-electron chi connectivity index (χ3n) is 5.96. The summed E-state index contributed by atoms with van der Waals surface area (Å²) in [5.74, 6) is 0.393. The van der Waals surface area contributed by atoms with E-state index < -0.39 is 0 Å². The number of allylic oxidation sites excluding steroid dienone is 2. The molecule has 128 valence electrons. The molecule has 4 aromatic rings. The van der Waals surface area contributed by atoms with Crippen LogP contribution in [-0.2, 0) is 0 Å². The van der Waals surface area contributed by atoms with E-state index in [-0.39, 0.29) is 0 Å². The van der Waals surface area contributed by atoms with Gasteiger partial charge in [0.15, 0.2) is 0 Å². The molecule has 0 amide bonds. The van der Waals surface area contributed by atoms with Crippen LogP contribution < -0.4 is 5.32 Å². The van der Waals surface area contributed by atoms with Gasteiger partial charge in [-0.25, -0.2) is 0 Å². The number of nitrogens with one attached hydrogen (secondary N) is 1. The van der Waals surface area contributed by atoms with Crippen molar-refractivity contribution in [1.29, 1.82) is 0 Å². The Kier molecular flexibility index (Phi) is 3.06. The molecule has 2 aliphatic rings. The van der Waals surface area contributed by atoms with Crippen molar-refractivity contribution >= 4 is 32.8 Å². The van der Waals surface area contributed by atoms with E-state index in [9.17, 15) is 0 Å². The number of hydrogen-bond donors (Lipinski definition) is 1. The van der Waals surface area contributed by atoms with Gasteiger partial charge in [0.25, 0.3) is 0 Å². The molecule has 0 bridgehead atoms. The van der Waals surface area contributed by atoms with Crippen LogP contribution in [0.15, 0.2) is 97.1 Å². The second-order valence-electron chi connectivity index (χ2n) is 7.45. The van der Waals surface area contributed by atoms with Gasteiger partial charge in [0.1, 0.15) is 0 Å². The van der Waals surface area contributed by atoms with Crippen LogP contribution in [0.4, 0.5) is 5.69 Å². The second-order valence-corrected chi connectivity index (χ2v) is 7.45. The summed E-state index contributed by atoms with van der Waals surface area (Å²) in [6.07, 6.45) is 7.09. The molecule has 6 rings (SSSR count). The number of fused-ring (bicyclic) bond motifs is 6. The average molecular weight is 345 g/mol. The molecule has 0 fully saturated rings. The molecule has 0 radical (unpaired) electrons. The van der Waals surface area contributed by atoms with Crippen molar-refractivity contribution in [2.75, 3.05) is 5.32 Å². The zero-order valence-corrected chi connectivity index (χ0v) is 14.9. The van der Waals surface area contributed by atoms with E-state index in [0.717, 1.165) is 0 Å². The van der Waals surface area contributed by atoms with Gasteiger partial charge in [-0.15, -0.1) is 0 Å². The Morgan fingerprint density at radius 1 is 0.667 bits per heavy atom. The highest BCUT2D eigenvalue weighted by Gasteiger charge is 2.32. The van der Waals surface area contributed by atoms with Crippen molar-refractivity contribution in [2.24, 2.45) is 0 Å². The number of benzene rings is 4. The van der Waals surface area contributed by atoms with Crippen LogP contribution in [0.3, 0.4) is 0 Å². The molecule has 0 saturated heterocycles. The molecule has 1 heteroatoms. The molecular formula is C26H19N. The van der Waals surface area contributed by atoms with Gasteiger partial charge in [-0.3, -0.25) is 0 Å². The molecule has 27 heavy (non-hydrogen) atoms. The van der Waals surface area contributed by atoms with Gasteiger partial charge < -0.3 is 5.32 Å². The third kappa shape index (κ3) is 2.18. The topological polar surface area (TPSA) is 12.0 Å². The lowest BCUT2D eigenvalue weighted by Gasteiger charge is -2.21. The van der Waals surface area contributed by atoms with Gasteiger partial charge in [0.2, 0.25) is 0 Å². The first-order chi connectivity index (χ1) is 13.4. The Labute approximate surface area is 158 Å². The van der Waals surface area contributed by atoms with Crippen LogP contribution in [0.2, 0.25) is 0 Å². The van der Waals surface area contributed by atoms with Gasteiger partial charge in [-0.05, 0) is 44.3 Å². The zero-order valence-electron chi connectivity index (χ0n) is 14.9. The van der Waals surface area contributed by atoms with E-state index in [1.54, 1.807) is 0 Å². The Morgan fingerprint density at radius 2 is 1.41 bits per heavy atom. The van der Waals surface area contributed by atoms with E-state index in [2.05, 4.69) is 102 Å². The van der Waals surface area contributed by atoms with E-state index in [4.69, 9.17) is 0 Å². The number of hydrogen-bond acceptors (Lipinski definition) is 1. The Balaban J connectivity index is 1.47. The fourth-order valence-corrected chi connectivity index (χ4v) is 4.70. The van der Waals surface area contributed by atoms with Crippen molar-refractivity contribution in [3.63, 3.8) is 0 Å². The second kappa shape index (κ2) is 5.59. The standard InChI is InChI=1S/C26H19N/c1-3-9-20-17(6-1)8-5-11-21(20)19-12-14-23-25(16-19)27-24-15-13-18-7-2-4-10-22(18)26(23)24/h1-16,23,25,27H. The molecule has 0 saturated carbocycles. The summed E-state index contributed by atoms with van der Waals surface area (Å²) in [6.45, 7) is 0. The maximum Gasteiger partial charge on any atom is 0.0557 e. The first kappa shape index (κ1) is 14.8. The molecule has 0 aromatic heterocycles. The molecule has 1 aliphatic carbocycles. The maximum absolute atomic E-state index is 3.75. The molecule has 4 aromatic carbocycles. The summed E-state index contributed by atoms with van der Waals surface area (Å²) in [4.78, 5) is 0. The summed E-state index contributed by atoms with van der Waals surface area (Å²) in [5, 5.41) is 9.03. The summed E-state index contributed by atoms with van der Waals surface area (Å²) in [7, 11) is 0. The van der Waals surface area contributed by atoms with Gasteiger partial charge in [-0.2, -0.15) is 0 Å². The molecule has 0 spiro atoms. The smallest absolute Gasteiger partial charge is 0.0557 e. The summed E-state index contributed by atoms with van der Waals surface area (Å²) in [6, 6.07) is 28.7. The van der Waals surface area contributed by atoms with Crippen molar-refractivity contribution < 1.29 is 0 Å². The van der Waals surface area contributed by atoms with Gasteiger partial charge in [0, 0.05) is 11.6 Å². The predicted molar refractivity (Wildman–Crippen MR) is 115 cm³/mol. The van der Waals surface area contributed by atoms with E-state index >= 15 is 0 Å². The van der Waals surface area contributed by atoms with E-state index in [0.29, 0.717) is 12.0 Å². The Bertz CT molecular complexity index is 1260. The lowest BCUT2D eigenvalue weighted by atomic mass is 9.84. The fraction of sp³-hybridized carbons (Fsp3) is 0.0769. The molecule has 1 nitrogen and oxygen atoms in total. The minimum Gasteiger partial charge on any atom is -0.378 e. The Hall–Kier alpha value is -3.32. The van der Waals surface area contributed by atoms with Crippen molar-refractivity contribution in [1.82, 2.24) is 0 Å². The van der Waals surface area contributed by atoms with Crippen LogP contribution in [0.5, 0.6) is 0 Å². The fourth-order valence-electron chi connectivity index (χ4n) is 4.70. The van der Waals surface area contributed by atoms with Crippen LogP contribution in [0.1, 0.15) is 17.0 Å². The highest BCUT2D eigenvalue weighted by Crippen LogP contribution is 2.45. The first-order valence-corrected chi connectivity index (χ1v) is 9.55. The Morgan fingerprint density at radius 3 is 2.30 bits per heavy atom. The minimum absolute atomic E-state index is 0.310. The molecule has 1 heterocycles. The predicted octanol–water partition coefficient (Wildman–Crippen LogP) is 6.52. The third-order valence-corrected chi connectivity index (χ3v) is 5.96. The zero-order chi connectivity index (χ0) is 17.8. The molecule has 2 unspecified atom stereocenters. The van der Waals surface area contributed by atoms with Gasteiger partial charge in [0.05, 0.1) is 6.04 Å². The van der Waals surface area contributed by atoms with Crippen LogP contribution >= 0.6 is 0 Å². The monoisotopic (exact) mass is 345 g/mol. The van der Waals surface area contributed by atoms with Crippen LogP contribution in [0, 0.1) is 0 Å². The SMILES string of the molecule is C1=CC2c3c(ccc4ccccc34)NC2C=C1c1cccc2ccccc12. The quantitative estimate of drug-likeness (QED) is 0.414. The van der Waals surface area contributed by atoms with Crippen molar-refractivity contribution in [2.45, 2.75) is 12.0 Å². The minimum atomic E-state index is 0.310. The largest absolute Gasteiger partial charge is 0.378 e. The maximum atomic E-state index is 3.75. The highest BCUT2D eigenvalue weighted by molar-refractivity contribution is 5.98. The summed E-state index contributed by atoms with van der Waals surface area (Å²) >= 11 is 0. The van der Waals surface area contributed by atoms with Crippen LogP contribution in [0.25, 0.3) is 27.1 Å². The number of anilines is 1. The lowest BCUT2D eigenvalue weighted by molar-refractivity contribution is 0.812. The van der Waals surface area contributed by atoms with Gasteiger partial charge >= 0.3 is 0 Å². The first-order valence-electron chi connectivity index (χ1n) is 9.55. The van der Waals surface area contributed by atoms with Crippen molar-refractivity contribution in [3.8, 4) is 0 Å². The molecular weight excluding hydrogens is 326 g/mol. The highest BCUT2D eigenvalue weighted by atomic mass is 15.0. The van der Waals surface area contributed by atoms with E-state index in [1.807, 2.05) is 0 Å². The summed E-state index contributed by atoms with van der Waals surface area (Å²) < 4.78 is 0. The summed E-state index contributed by atoms with van der Waals surface area (Å²) in [5.41, 5.74) is 5.31. The van der Waals surface area contributed by atoms with E-state index in [1.165, 1.54) is 43.9 Å². The van der Waals surface area contributed by atoms with Crippen molar-refractivity contribution in [3.05, 3.63) is 108 Å². The molecule has 1 aliphatic heterocycles. The van der Waals surface area contributed by atoms with Gasteiger partial charge in [-0.1, -0.05) is 91.0 Å². The molecule has 1 N–H and O–H groups in total. The van der Waals surface area contributed by atoms with Crippen LogP contribution in [-0.4, -0.2) is 6.04 Å². The number of rotatable bonds is 1. The molecule has 2 atom stereocenters. The average Bonchev–Trinajstić information content (AvgIpc) is 3.11. The lowest BCUT2D eigenvalue weighted by Crippen LogP contribution is -2.19.